The van der Waals surface area contributed by atoms with Crippen LogP contribution in [0.5, 0.6) is 0 Å². The third-order valence-electron chi connectivity index (χ3n) is 3.35. The van der Waals surface area contributed by atoms with Crippen molar-refractivity contribution in [1.29, 1.82) is 0 Å². The largest absolute Gasteiger partial charge is 0.444 e. The molecule has 0 saturated heterocycles. The lowest BCUT2D eigenvalue weighted by molar-refractivity contribution is 0.0522. The van der Waals surface area contributed by atoms with E-state index in [1.54, 1.807) is 0 Å². The number of ether oxygens (including phenoxy) is 1. The Hall–Kier alpha value is -0.770. The van der Waals surface area contributed by atoms with E-state index in [0.717, 1.165) is 13.0 Å². The summed E-state index contributed by atoms with van der Waals surface area (Å²) >= 11 is 0. The summed E-state index contributed by atoms with van der Waals surface area (Å²) < 4.78 is 5.24. The van der Waals surface area contributed by atoms with E-state index in [2.05, 4.69) is 24.5 Å². The van der Waals surface area contributed by atoms with Crippen molar-refractivity contribution >= 4 is 6.09 Å². The minimum atomic E-state index is -0.433. The van der Waals surface area contributed by atoms with Crippen LogP contribution in [0.15, 0.2) is 0 Å². The molecule has 0 aromatic rings. The van der Waals surface area contributed by atoms with E-state index < -0.39 is 5.60 Å². The van der Waals surface area contributed by atoms with Gasteiger partial charge in [0.25, 0.3) is 0 Å². The third-order valence-corrected chi connectivity index (χ3v) is 3.35. The van der Waals surface area contributed by atoms with Crippen LogP contribution < -0.4 is 10.6 Å². The van der Waals surface area contributed by atoms with Crippen molar-refractivity contribution in [2.24, 2.45) is 0 Å². The van der Waals surface area contributed by atoms with Crippen molar-refractivity contribution in [1.82, 2.24) is 10.6 Å². The van der Waals surface area contributed by atoms with Gasteiger partial charge in [0, 0.05) is 12.6 Å². The van der Waals surface area contributed by atoms with Crippen LogP contribution in [0.25, 0.3) is 0 Å². The van der Waals surface area contributed by atoms with Crippen LogP contribution in [0.2, 0.25) is 0 Å². The van der Waals surface area contributed by atoms with E-state index in [9.17, 15) is 4.79 Å². The Bertz CT molecular complexity index is 262. The first kappa shape index (κ1) is 20.2. The molecular weight excluding hydrogens is 264 g/mol. The van der Waals surface area contributed by atoms with Crippen molar-refractivity contribution in [3.8, 4) is 0 Å². The Morgan fingerprint density at radius 2 is 1.67 bits per heavy atom. The lowest BCUT2D eigenvalue weighted by Crippen LogP contribution is -2.42. The van der Waals surface area contributed by atoms with E-state index in [4.69, 9.17) is 4.74 Å². The number of alkyl carbamates (subject to hydrolysis) is 1. The van der Waals surface area contributed by atoms with Gasteiger partial charge in [0.05, 0.1) is 0 Å². The maximum atomic E-state index is 11.6. The molecule has 1 atom stereocenters. The zero-order valence-electron chi connectivity index (χ0n) is 14.8. The molecule has 0 aromatic carbocycles. The van der Waals surface area contributed by atoms with E-state index in [1.165, 1.54) is 38.5 Å². The van der Waals surface area contributed by atoms with Crippen molar-refractivity contribution in [3.05, 3.63) is 0 Å². The molecule has 0 aromatic heterocycles. The molecule has 0 fully saturated rings. The molecule has 0 aliphatic heterocycles. The number of amides is 1. The summed E-state index contributed by atoms with van der Waals surface area (Å²) in [7, 11) is 0. The predicted octanol–water partition coefficient (Wildman–Crippen LogP) is 4.24. The summed E-state index contributed by atoms with van der Waals surface area (Å²) in [5.74, 6) is 0. The first-order chi connectivity index (χ1) is 9.89. The van der Waals surface area contributed by atoms with Gasteiger partial charge in [-0.15, -0.1) is 0 Å². The minimum absolute atomic E-state index is 0.327. The molecule has 0 heterocycles. The van der Waals surface area contributed by atoms with Crippen LogP contribution in [0.4, 0.5) is 4.79 Å². The van der Waals surface area contributed by atoms with Crippen LogP contribution in [0, 0.1) is 0 Å². The van der Waals surface area contributed by atoms with Gasteiger partial charge in [-0.05, 0) is 40.2 Å². The number of hydrogen-bond donors (Lipinski definition) is 2. The lowest BCUT2D eigenvalue weighted by atomic mass is 10.1. The van der Waals surface area contributed by atoms with E-state index in [1.807, 2.05) is 20.8 Å². The molecular formula is C17H36N2O2. The highest BCUT2D eigenvalue weighted by atomic mass is 16.6. The fourth-order valence-corrected chi connectivity index (χ4v) is 2.09. The van der Waals surface area contributed by atoms with Crippen molar-refractivity contribution in [2.45, 2.75) is 91.2 Å². The van der Waals surface area contributed by atoms with Gasteiger partial charge in [0.15, 0.2) is 0 Å². The Morgan fingerprint density at radius 1 is 1.05 bits per heavy atom. The van der Waals surface area contributed by atoms with E-state index in [-0.39, 0.29) is 6.09 Å². The van der Waals surface area contributed by atoms with Gasteiger partial charge in [-0.25, -0.2) is 4.79 Å². The Morgan fingerprint density at radius 3 is 2.24 bits per heavy atom. The highest BCUT2D eigenvalue weighted by molar-refractivity contribution is 5.67. The Balaban J connectivity index is 3.64. The van der Waals surface area contributed by atoms with Gasteiger partial charge in [0.2, 0.25) is 0 Å². The molecule has 0 spiro atoms. The van der Waals surface area contributed by atoms with Crippen LogP contribution in [-0.2, 0) is 4.74 Å². The maximum Gasteiger partial charge on any atom is 0.407 e. The SMILES string of the molecule is CCCCCCCCNC(CC)CNC(=O)OC(C)(C)C. The molecule has 0 aliphatic carbocycles. The van der Waals surface area contributed by atoms with Crippen LogP contribution in [0.1, 0.15) is 79.6 Å². The summed E-state index contributed by atoms with van der Waals surface area (Å²) in [6.07, 6.45) is 8.52. The zero-order valence-corrected chi connectivity index (χ0v) is 14.8. The highest BCUT2D eigenvalue weighted by Gasteiger charge is 2.16. The Kier molecular flexibility index (Phi) is 11.4. The van der Waals surface area contributed by atoms with Gasteiger partial charge >= 0.3 is 6.09 Å². The number of unbranched alkanes of at least 4 members (excludes halogenated alkanes) is 5. The second kappa shape index (κ2) is 11.8. The van der Waals surface area contributed by atoms with Gasteiger partial charge < -0.3 is 15.4 Å². The molecule has 1 amide bonds. The molecule has 0 radical (unpaired) electrons. The average Bonchev–Trinajstić information content (AvgIpc) is 2.39. The summed E-state index contributed by atoms with van der Waals surface area (Å²) in [6, 6.07) is 0.327. The molecule has 0 rings (SSSR count). The molecule has 0 saturated carbocycles. The van der Waals surface area contributed by atoms with Gasteiger partial charge in [-0.1, -0.05) is 46.0 Å². The average molecular weight is 300 g/mol. The van der Waals surface area contributed by atoms with Crippen LogP contribution in [0.3, 0.4) is 0 Å². The van der Waals surface area contributed by atoms with Crippen LogP contribution >= 0.6 is 0 Å². The number of hydrogen-bond acceptors (Lipinski definition) is 3. The fourth-order valence-electron chi connectivity index (χ4n) is 2.09. The highest BCUT2D eigenvalue weighted by Crippen LogP contribution is 2.06. The first-order valence-electron chi connectivity index (χ1n) is 8.59. The van der Waals surface area contributed by atoms with E-state index >= 15 is 0 Å². The maximum absolute atomic E-state index is 11.6. The second-order valence-electron chi connectivity index (χ2n) is 6.71. The summed E-state index contributed by atoms with van der Waals surface area (Å²) in [4.78, 5) is 11.6. The zero-order chi connectivity index (χ0) is 16.1. The van der Waals surface area contributed by atoms with Crippen molar-refractivity contribution in [3.63, 3.8) is 0 Å². The number of carbonyl (C=O) groups is 1. The molecule has 0 bridgehead atoms. The van der Waals surface area contributed by atoms with Crippen LogP contribution in [-0.4, -0.2) is 30.8 Å². The number of rotatable bonds is 11. The first-order valence-corrected chi connectivity index (χ1v) is 8.59. The summed E-state index contributed by atoms with van der Waals surface area (Å²) in [5, 5.41) is 6.34. The number of carbonyl (C=O) groups excluding carboxylic acids is 1. The number of nitrogens with one attached hydrogen (secondary N) is 2. The third kappa shape index (κ3) is 13.9. The normalized spacial score (nSPS) is 13.0. The molecule has 4 nitrogen and oxygen atoms in total. The second-order valence-corrected chi connectivity index (χ2v) is 6.71. The Labute approximate surface area is 131 Å². The van der Waals surface area contributed by atoms with Gasteiger partial charge in [-0.2, -0.15) is 0 Å². The fraction of sp³-hybridized carbons (Fsp3) is 0.941. The molecule has 0 aliphatic rings. The molecule has 2 N–H and O–H groups in total. The molecule has 126 valence electrons. The summed E-state index contributed by atoms with van der Waals surface area (Å²) in [5.41, 5.74) is -0.433. The monoisotopic (exact) mass is 300 g/mol. The lowest BCUT2D eigenvalue weighted by Gasteiger charge is -2.22. The van der Waals surface area contributed by atoms with Crippen molar-refractivity contribution in [2.75, 3.05) is 13.1 Å². The summed E-state index contributed by atoms with van der Waals surface area (Å²) in [6.45, 7) is 11.7. The van der Waals surface area contributed by atoms with E-state index in [0.29, 0.717) is 12.6 Å². The predicted molar refractivity (Wildman–Crippen MR) is 89.7 cm³/mol. The van der Waals surface area contributed by atoms with Gasteiger partial charge in [-0.3, -0.25) is 0 Å². The molecule has 1 unspecified atom stereocenters. The molecule has 4 heteroatoms. The quantitative estimate of drug-likeness (QED) is 0.561. The standard InChI is InChI=1S/C17H36N2O2/c1-6-8-9-10-11-12-13-18-15(7-2)14-19-16(20)21-17(3,4)5/h15,18H,6-14H2,1-5H3,(H,19,20). The van der Waals surface area contributed by atoms with Crippen molar-refractivity contribution < 1.29 is 9.53 Å². The minimum Gasteiger partial charge on any atom is -0.444 e. The topological polar surface area (TPSA) is 50.4 Å². The smallest absolute Gasteiger partial charge is 0.407 e. The van der Waals surface area contributed by atoms with Gasteiger partial charge in [0.1, 0.15) is 5.60 Å². The molecule has 21 heavy (non-hydrogen) atoms.